The second kappa shape index (κ2) is 9.86. The molecule has 6 heteroatoms. The number of aliphatic hydroxyl groups excluding tert-OH is 1. The van der Waals surface area contributed by atoms with Crippen molar-refractivity contribution < 1.29 is 9.84 Å². The van der Waals surface area contributed by atoms with E-state index in [1.54, 1.807) is 4.68 Å². The zero-order chi connectivity index (χ0) is 21.8. The molecule has 0 unspecified atom stereocenters. The number of halogens is 1. The molecule has 1 N–H and O–H groups in total. The second-order valence-electron chi connectivity index (χ2n) is 8.37. The van der Waals surface area contributed by atoms with Crippen molar-refractivity contribution >= 4 is 11.6 Å². The summed E-state index contributed by atoms with van der Waals surface area (Å²) in [5.41, 5.74) is 3.89. The first-order chi connectivity index (χ1) is 15.0. The fourth-order valence-corrected chi connectivity index (χ4v) is 4.62. The number of hydrogen-bond acceptors (Lipinski definition) is 4. The Morgan fingerprint density at radius 2 is 1.81 bits per heavy atom. The third kappa shape index (κ3) is 5.12. The molecule has 2 atom stereocenters. The van der Waals surface area contributed by atoms with Crippen LogP contribution >= 0.6 is 11.6 Å². The maximum absolute atomic E-state index is 10.3. The van der Waals surface area contributed by atoms with Gasteiger partial charge in [-0.1, -0.05) is 54.8 Å². The number of likely N-dealkylation sites (N-methyl/N-ethyl adjacent to an activating group) is 1. The Bertz CT molecular complexity index is 988. The Balaban J connectivity index is 1.37. The van der Waals surface area contributed by atoms with Gasteiger partial charge >= 0.3 is 0 Å². The molecule has 0 aliphatic heterocycles. The van der Waals surface area contributed by atoms with Crippen LogP contribution in [0.15, 0.2) is 54.6 Å². The normalized spacial score (nSPS) is 19.0. The van der Waals surface area contributed by atoms with Crippen molar-refractivity contribution in [1.82, 2.24) is 14.7 Å². The fourth-order valence-electron chi connectivity index (χ4n) is 4.29. The number of aryl methyl sites for hydroxylation is 1. The van der Waals surface area contributed by atoms with Crippen LogP contribution in [0.3, 0.4) is 0 Å². The molecule has 0 spiro atoms. The van der Waals surface area contributed by atoms with Gasteiger partial charge in [0.25, 0.3) is 0 Å². The quantitative estimate of drug-likeness (QED) is 0.553. The van der Waals surface area contributed by atoms with Gasteiger partial charge in [-0.3, -0.25) is 4.90 Å². The molecule has 31 heavy (non-hydrogen) atoms. The summed E-state index contributed by atoms with van der Waals surface area (Å²) in [6.07, 6.45) is 4.08. The zero-order valence-corrected chi connectivity index (χ0v) is 18.9. The van der Waals surface area contributed by atoms with E-state index in [2.05, 4.69) is 29.2 Å². The third-order valence-electron chi connectivity index (χ3n) is 6.12. The SMILES string of the molecule is Cc1nn(-c2ccccc2)c(Cl)c1COc1ccc(CN(C)[C@H]2CCCC[C@@H]2O)cc1. The summed E-state index contributed by atoms with van der Waals surface area (Å²) in [6, 6.07) is 18.3. The summed E-state index contributed by atoms with van der Waals surface area (Å²) in [7, 11) is 2.10. The molecule has 164 valence electrons. The molecule has 1 aromatic heterocycles. The first-order valence-electron chi connectivity index (χ1n) is 10.9. The highest BCUT2D eigenvalue weighted by atomic mass is 35.5. The molecule has 0 saturated heterocycles. The first-order valence-corrected chi connectivity index (χ1v) is 11.3. The number of hydrogen-bond donors (Lipinski definition) is 1. The maximum Gasteiger partial charge on any atom is 0.139 e. The minimum atomic E-state index is -0.217. The van der Waals surface area contributed by atoms with Crippen LogP contribution in [0.2, 0.25) is 5.15 Å². The van der Waals surface area contributed by atoms with Crippen LogP contribution in [0.1, 0.15) is 42.5 Å². The molecule has 5 nitrogen and oxygen atoms in total. The predicted molar refractivity (Wildman–Crippen MR) is 124 cm³/mol. The van der Waals surface area contributed by atoms with Crippen LogP contribution in [0.25, 0.3) is 5.69 Å². The molecule has 1 fully saturated rings. The number of benzene rings is 2. The van der Waals surface area contributed by atoms with E-state index in [4.69, 9.17) is 16.3 Å². The largest absolute Gasteiger partial charge is 0.489 e. The number of nitrogens with zero attached hydrogens (tertiary/aromatic N) is 3. The van der Waals surface area contributed by atoms with Gasteiger partial charge in [0.1, 0.15) is 17.5 Å². The molecule has 3 aromatic rings. The van der Waals surface area contributed by atoms with Crippen molar-refractivity contribution in [2.45, 2.75) is 57.9 Å². The zero-order valence-electron chi connectivity index (χ0n) is 18.2. The summed E-state index contributed by atoms with van der Waals surface area (Å²) in [6.45, 7) is 3.13. The van der Waals surface area contributed by atoms with Crippen molar-refractivity contribution in [2.24, 2.45) is 0 Å². The van der Waals surface area contributed by atoms with Gasteiger partial charge in [0.15, 0.2) is 0 Å². The number of ether oxygens (including phenoxy) is 1. The molecule has 2 aromatic carbocycles. The Labute approximate surface area is 189 Å². The molecule has 4 rings (SSSR count). The smallest absolute Gasteiger partial charge is 0.139 e. The molecular formula is C25H30ClN3O2. The highest BCUT2D eigenvalue weighted by Gasteiger charge is 2.26. The van der Waals surface area contributed by atoms with Crippen LogP contribution in [-0.2, 0) is 13.2 Å². The average molecular weight is 440 g/mol. The van der Waals surface area contributed by atoms with Crippen molar-refractivity contribution in [3.8, 4) is 11.4 Å². The van der Waals surface area contributed by atoms with Crippen LogP contribution in [0.4, 0.5) is 0 Å². The lowest BCUT2D eigenvalue weighted by Crippen LogP contribution is -2.42. The highest BCUT2D eigenvalue weighted by Crippen LogP contribution is 2.26. The van der Waals surface area contributed by atoms with Crippen molar-refractivity contribution in [2.75, 3.05) is 7.05 Å². The van der Waals surface area contributed by atoms with Crippen LogP contribution in [0.5, 0.6) is 5.75 Å². The summed E-state index contributed by atoms with van der Waals surface area (Å²) in [5, 5.41) is 15.4. The molecule has 0 amide bonds. The highest BCUT2D eigenvalue weighted by molar-refractivity contribution is 6.30. The van der Waals surface area contributed by atoms with E-state index in [0.29, 0.717) is 11.8 Å². The van der Waals surface area contributed by atoms with Gasteiger partial charge in [0.2, 0.25) is 0 Å². The standard InChI is InChI=1S/C25H30ClN3O2/c1-18-22(25(26)29(27-18)20-8-4-3-5-9-20)17-31-21-14-12-19(13-15-21)16-28(2)23-10-6-7-11-24(23)30/h3-5,8-9,12-15,23-24,30H,6-7,10-11,16-17H2,1-2H3/t23-,24-/m0/s1. The molecule has 0 radical (unpaired) electrons. The molecule has 1 saturated carbocycles. The number of aliphatic hydroxyl groups is 1. The van der Waals surface area contributed by atoms with Crippen molar-refractivity contribution in [3.63, 3.8) is 0 Å². The van der Waals surface area contributed by atoms with Gasteiger partial charge in [0.05, 0.1) is 17.5 Å². The second-order valence-corrected chi connectivity index (χ2v) is 8.73. The van der Waals surface area contributed by atoms with Gasteiger partial charge in [-0.15, -0.1) is 0 Å². The summed E-state index contributed by atoms with van der Waals surface area (Å²) in [5.74, 6) is 0.798. The lowest BCUT2D eigenvalue weighted by molar-refractivity contribution is 0.0288. The Hall–Kier alpha value is -2.34. The fraction of sp³-hybridized carbons (Fsp3) is 0.400. The van der Waals surface area contributed by atoms with Gasteiger partial charge in [0, 0.05) is 18.2 Å². The molecular weight excluding hydrogens is 410 g/mol. The van der Waals surface area contributed by atoms with Crippen molar-refractivity contribution in [3.05, 3.63) is 76.6 Å². The predicted octanol–water partition coefficient (Wildman–Crippen LogP) is 5.15. The monoisotopic (exact) mass is 439 g/mol. The lowest BCUT2D eigenvalue weighted by Gasteiger charge is -2.35. The van der Waals surface area contributed by atoms with E-state index in [1.165, 1.54) is 12.0 Å². The topological polar surface area (TPSA) is 50.5 Å². The van der Waals surface area contributed by atoms with Gasteiger partial charge < -0.3 is 9.84 Å². The Morgan fingerprint density at radius 1 is 1.10 bits per heavy atom. The summed E-state index contributed by atoms with van der Waals surface area (Å²) >= 11 is 6.59. The number of para-hydroxylation sites is 1. The van der Waals surface area contributed by atoms with Crippen LogP contribution < -0.4 is 4.74 Å². The van der Waals surface area contributed by atoms with E-state index >= 15 is 0 Å². The Morgan fingerprint density at radius 3 is 2.52 bits per heavy atom. The van der Waals surface area contributed by atoms with Crippen LogP contribution in [-0.4, -0.2) is 39.0 Å². The minimum absolute atomic E-state index is 0.217. The van der Waals surface area contributed by atoms with Gasteiger partial charge in [-0.05, 0) is 56.6 Å². The van der Waals surface area contributed by atoms with Gasteiger partial charge in [-0.2, -0.15) is 5.10 Å². The third-order valence-corrected chi connectivity index (χ3v) is 6.51. The molecule has 1 aliphatic carbocycles. The summed E-state index contributed by atoms with van der Waals surface area (Å²) < 4.78 is 7.75. The lowest BCUT2D eigenvalue weighted by atomic mass is 9.91. The average Bonchev–Trinajstić information content (AvgIpc) is 3.07. The Kier molecular flexibility index (Phi) is 6.96. The summed E-state index contributed by atoms with van der Waals surface area (Å²) in [4.78, 5) is 2.26. The molecule has 1 aliphatic rings. The molecule has 1 heterocycles. The van der Waals surface area contributed by atoms with Crippen LogP contribution in [0, 0.1) is 6.92 Å². The van der Waals surface area contributed by atoms with E-state index in [9.17, 15) is 5.11 Å². The van der Waals surface area contributed by atoms with Gasteiger partial charge in [-0.25, -0.2) is 4.68 Å². The first kappa shape index (κ1) is 21.9. The van der Waals surface area contributed by atoms with E-state index in [-0.39, 0.29) is 12.1 Å². The number of aromatic nitrogens is 2. The van der Waals surface area contributed by atoms with Crippen molar-refractivity contribution in [1.29, 1.82) is 0 Å². The minimum Gasteiger partial charge on any atom is -0.489 e. The number of rotatable bonds is 7. The maximum atomic E-state index is 10.3. The van der Waals surface area contributed by atoms with E-state index in [0.717, 1.165) is 48.5 Å². The molecule has 0 bridgehead atoms. The van der Waals surface area contributed by atoms with E-state index in [1.807, 2.05) is 49.4 Å². The van der Waals surface area contributed by atoms with E-state index < -0.39 is 0 Å².